The summed E-state index contributed by atoms with van der Waals surface area (Å²) in [5, 5.41) is 0. The van der Waals surface area contributed by atoms with Crippen LogP contribution in [0.15, 0.2) is 0 Å². The third kappa shape index (κ3) is 77.5. The van der Waals surface area contributed by atoms with E-state index in [1.165, 1.54) is 0 Å². The second kappa shape index (κ2) is 106. The van der Waals surface area contributed by atoms with E-state index < -0.39 is 0 Å². The molecule has 0 aliphatic carbocycles. The first-order valence-electron chi connectivity index (χ1n) is 0.114. The molecular formula is H9AuClNaO4. The first kappa shape index (κ1) is 66.7. The molecule has 52 valence electrons. The van der Waals surface area contributed by atoms with E-state index in [0.717, 1.165) is 0 Å². The van der Waals surface area contributed by atoms with E-state index in [1.807, 2.05) is 0 Å². The van der Waals surface area contributed by atoms with Gasteiger partial charge in [0.15, 0.2) is 0 Å². The Hall–Kier alpha value is 1.87. The molecule has 0 aromatic heterocycles. The molecule has 0 aliphatic rings. The molecule has 0 amide bonds. The van der Waals surface area contributed by atoms with Crippen LogP contribution in [0.25, 0.3) is 0 Å². The Morgan fingerprint density at radius 3 is 0.857 bits per heavy atom. The molecule has 0 unspecified atom stereocenters. The van der Waals surface area contributed by atoms with Crippen molar-refractivity contribution in [3.63, 3.8) is 0 Å². The Balaban J connectivity index is -0.000000000333. The largest absolute Gasteiger partial charge is 1.00 e. The van der Waals surface area contributed by atoms with E-state index in [-0.39, 0.29) is 52.9 Å². The fraction of sp³-hybridized carbons (Fsp3) is 0. The topological polar surface area (TPSA) is 126 Å². The van der Waals surface area contributed by atoms with Crippen LogP contribution in [0.4, 0.5) is 0 Å². The smallest absolute Gasteiger partial charge is 1.00 e. The molecule has 7 heavy (non-hydrogen) atoms. The van der Waals surface area contributed by atoms with Crippen molar-refractivity contribution in [2.45, 2.75) is 0 Å². The predicted octanol–water partition coefficient (Wildman–Crippen LogP) is -5.50. The SMILES string of the molecule is O.O.O.O.[Cl][Au].[H-].[Na+]. The van der Waals surface area contributed by atoms with Crippen molar-refractivity contribution in [2.24, 2.45) is 0 Å². The molecule has 0 saturated heterocycles. The van der Waals surface area contributed by atoms with Gasteiger partial charge in [-0.3, -0.25) is 0 Å². The summed E-state index contributed by atoms with van der Waals surface area (Å²) in [5.74, 6) is 0. The van der Waals surface area contributed by atoms with E-state index >= 15 is 0 Å². The molecule has 0 radical (unpaired) electrons. The Morgan fingerprint density at radius 1 is 0.857 bits per heavy atom. The van der Waals surface area contributed by atoms with Crippen LogP contribution in [-0.2, 0) is 20.0 Å². The van der Waals surface area contributed by atoms with E-state index in [4.69, 9.17) is 0 Å². The van der Waals surface area contributed by atoms with E-state index in [9.17, 15) is 0 Å². The van der Waals surface area contributed by atoms with Gasteiger partial charge in [0, 0.05) is 0 Å². The van der Waals surface area contributed by atoms with Crippen LogP contribution < -0.4 is 29.6 Å². The molecule has 0 bridgehead atoms. The first-order valence-corrected chi connectivity index (χ1v) is 2.80. The van der Waals surface area contributed by atoms with Gasteiger partial charge < -0.3 is 23.3 Å². The number of halogens is 1. The van der Waals surface area contributed by atoms with Gasteiger partial charge in [-0.1, -0.05) is 0 Å². The summed E-state index contributed by atoms with van der Waals surface area (Å²) in [6.45, 7) is 0. The van der Waals surface area contributed by atoms with Crippen molar-refractivity contribution in [1.82, 2.24) is 0 Å². The summed E-state index contributed by atoms with van der Waals surface area (Å²) in [4.78, 5) is 0. The van der Waals surface area contributed by atoms with Gasteiger partial charge in [-0.15, -0.1) is 0 Å². The molecule has 8 N–H and O–H groups in total. The Bertz CT molecular complexity index is 16.0. The third-order valence-corrected chi connectivity index (χ3v) is 0. The number of hydrogen-bond donors (Lipinski definition) is 0. The average molecular weight is 328 g/mol. The molecule has 0 heterocycles. The molecule has 0 saturated carbocycles. The van der Waals surface area contributed by atoms with Gasteiger partial charge in [-0.25, -0.2) is 0 Å². The van der Waals surface area contributed by atoms with E-state index in [2.05, 4.69) is 9.19 Å². The van der Waals surface area contributed by atoms with Crippen LogP contribution in [-0.4, -0.2) is 21.9 Å². The molecule has 0 aliphatic heterocycles. The zero-order valence-corrected chi connectivity index (χ0v) is 8.60. The summed E-state index contributed by atoms with van der Waals surface area (Å²) in [7, 11) is 4.58. The molecule has 7 heteroatoms. The Labute approximate surface area is 81.4 Å². The molecule has 0 aromatic carbocycles. The zero-order valence-electron chi connectivity index (χ0n) is 4.68. The summed E-state index contributed by atoms with van der Waals surface area (Å²) < 4.78 is 0. The van der Waals surface area contributed by atoms with Crippen LogP contribution in [0.3, 0.4) is 0 Å². The number of hydrogen-bond acceptors (Lipinski definition) is 0. The molecule has 0 rings (SSSR count). The molecule has 0 aromatic rings. The van der Waals surface area contributed by atoms with Gasteiger partial charge in [0.25, 0.3) is 0 Å². The summed E-state index contributed by atoms with van der Waals surface area (Å²) in [6.07, 6.45) is 0. The van der Waals surface area contributed by atoms with Crippen LogP contribution in [0.1, 0.15) is 1.43 Å². The Morgan fingerprint density at radius 2 is 0.857 bits per heavy atom. The van der Waals surface area contributed by atoms with Crippen molar-refractivity contribution in [3.8, 4) is 0 Å². The molecule has 4 nitrogen and oxygen atoms in total. The summed E-state index contributed by atoms with van der Waals surface area (Å²) in [6, 6.07) is 0. The van der Waals surface area contributed by atoms with Crippen molar-refractivity contribution in [2.75, 3.05) is 0 Å². The summed E-state index contributed by atoms with van der Waals surface area (Å²) >= 11 is 1.75. The van der Waals surface area contributed by atoms with Crippen LogP contribution in [0.2, 0.25) is 0 Å². The third-order valence-electron chi connectivity index (χ3n) is 0. The monoisotopic (exact) mass is 328 g/mol. The maximum atomic E-state index is 4.58. The van der Waals surface area contributed by atoms with Crippen molar-refractivity contribution >= 4 is 9.19 Å². The maximum absolute atomic E-state index is 4.58. The Kier molecular flexibility index (Phi) is 1010. The first-order chi connectivity index (χ1) is 1.00. The minimum atomic E-state index is 0. The van der Waals surface area contributed by atoms with Gasteiger partial charge in [0.05, 0.1) is 0 Å². The quantitative estimate of drug-likeness (QED) is 0.393. The second-order valence-electron chi connectivity index (χ2n) is 0. The standard InChI is InChI=1S/Au.ClH.Na.4H2O.H/h;1H;;4*1H2;/q+1;;+1;;;;;-1/p-1. The van der Waals surface area contributed by atoms with Gasteiger partial charge >= 0.3 is 58.7 Å². The van der Waals surface area contributed by atoms with Gasteiger partial charge in [0.1, 0.15) is 0 Å². The van der Waals surface area contributed by atoms with Crippen molar-refractivity contribution in [1.29, 1.82) is 0 Å². The fourth-order valence-electron chi connectivity index (χ4n) is 0. The van der Waals surface area contributed by atoms with E-state index in [1.54, 1.807) is 20.0 Å². The number of rotatable bonds is 0. The summed E-state index contributed by atoms with van der Waals surface area (Å²) in [5.41, 5.74) is 0. The minimum Gasteiger partial charge on any atom is -1.00 e. The van der Waals surface area contributed by atoms with E-state index in [0.29, 0.717) is 0 Å². The van der Waals surface area contributed by atoms with Crippen molar-refractivity contribution < 1.29 is 72.9 Å². The van der Waals surface area contributed by atoms with Crippen LogP contribution in [0, 0.1) is 0 Å². The van der Waals surface area contributed by atoms with Gasteiger partial charge in [0.2, 0.25) is 0 Å². The maximum Gasteiger partial charge on any atom is 1.00 e. The van der Waals surface area contributed by atoms with Crippen LogP contribution in [0.5, 0.6) is 0 Å². The molecule has 0 spiro atoms. The van der Waals surface area contributed by atoms with Gasteiger partial charge in [-0.2, -0.15) is 0 Å². The molecule has 0 fully saturated rings. The normalized spacial score (nSPS) is 1.00. The second-order valence-corrected chi connectivity index (χ2v) is 0. The minimum absolute atomic E-state index is 0. The predicted molar refractivity (Wildman–Crippen MR) is 21.4 cm³/mol. The molecule has 0 atom stereocenters. The zero-order chi connectivity index (χ0) is 2.00. The molecular weight excluding hydrogens is 319 g/mol. The van der Waals surface area contributed by atoms with Gasteiger partial charge in [-0.05, 0) is 0 Å². The average Bonchev–Trinajstić information content (AvgIpc) is 1.00. The van der Waals surface area contributed by atoms with Crippen molar-refractivity contribution in [3.05, 3.63) is 0 Å². The van der Waals surface area contributed by atoms with Crippen LogP contribution >= 0.6 is 9.19 Å². The fourth-order valence-corrected chi connectivity index (χ4v) is 0.